The molecular formula is C29H22N4O2. The molecule has 0 N–H and O–H groups in total. The first kappa shape index (κ1) is 21.0. The summed E-state index contributed by atoms with van der Waals surface area (Å²) in [5.41, 5.74) is 5.67. The number of rotatable bonds is 5. The van der Waals surface area contributed by atoms with Crippen LogP contribution < -0.4 is 4.74 Å². The summed E-state index contributed by atoms with van der Waals surface area (Å²) in [6, 6.07) is 28.2. The van der Waals surface area contributed by atoms with Crippen LogP contribution in [0.25, 0.3) is 27.6 Å². The fraction of sp³-hybridized carbons (Fsp3) is 0.103. The SMILES string of the molecule is CC(=O)Oc1c(Cc2ccccc2)nc2c(Cc3ccccc3)nc3c4ccccc4cnc3n12. The summed E-state index contributed by atoms with van der Waals surface area (Å²) in [4.78, 5) is 27.0. The van der Waals surface area contributed by atoms with Crippen molar-refractivity contribution in [1.82, 2.24) is 19.4 Å². The lowest BCUT2D eigenvalue weighted by Crippen LogP contribution is -2.08. The molecule has 3 aromatic carbocycles. The van der Waals surface area contributed by atoms with Crippen LogP contribution in [0.4, 0.5) is 0 Å². The molecule has 0 radical (unpaired) electrons. The number of nitrogens with zero attached hydrogens (tertiary/aromatic N) is 4. The summed E-state index contributed by atoms with van der Waals surface area (Å²) >= 11 is 0. The monoisotopic (exact) mass is 458 g/mol. The summed E-state index contributed by atoms with van der Waals surface area (Å²) in [6.45, 7) is 1.41. The van der Waals surface area contributed by atoms with E-state index in [2.05, 4.69) is 12.1 Å². The summed E-state index contributed by atoms with van der Waals surface area (Å²) in [7, 11) is 0. The largest absolute Gasteiger partial charge is 0.407 e. The second-order valence-corrected chi connectivity index (χ2v) is 8.52. The third-order valence-electron chi connectivity index (χ3n) is 6.04. The molecule has 170 valence electrons. The normalized spacial score (nSPS) is 11.3. The molecule has 0 fully saturated rings. The van der Waals surface area contributed by atoms with E-state index in [-0.39, 0.29) is 0 Å². The van der Waals surface area contributed by atoms with Crippen LogP contribution in [0.5, 0.6) is 5.88 Å². The highest BCUT2D eigenvalue weighted by molar-refractivity contribution is 6.02. The number of aromatic nitrogens is 4. The van der Waals surface area contributed by atoms with Crippen LogP contribution in [0.15, 0.2) is 91.1 Å². The topological polar surface area (TPSA) is 69.4 Å². The molecule has 0 bridgehead atoms. The Balaban J connectivity index is 1.68. The van der Waals surface area contributed by atoms with Gasteiger partial charge in [-0.15, -0.1) is 0 Å². The Morgan fingerprint density at radius 1 is 0.771 bits per heavy atom. The second kappa shape index (κ2) is 8.65. The summed E-state index contributed by atoms with van der Waals surface area (Å²) in [5.74, 6) is -0.0164. The Labute approximate surface area is 201 Å². The van der Waals surface area contributed by atoms with E-state index in [0.29, 0.717) is 35.7 Å². The van der Waals surface area contributed by atoms with Crippen molar-refractivity contribution in [3.05, 3.63) is 114 Å². The van der Waals surface area contributed by atoms with Gasteiger partial charge >= 0.3 is 5.97 Å². The van der Waals surface area contributed by atoms with Crippen molar-refractivity contribution in [3.63, 3.8) is 0 Å². The lowest BCUT2D eigenvalue weighted by molar-refractivity contribution is -0.132. The Bertz CT molecular complexity index is 1690. The average Bonchev–Trinajstić information content (AvgIpc) is 3.23. The van der Waals surface area contributed by atoms with E-state index < -0.39 is 5.97 Å². The maximum absolute atomic E-state index is 12.2. The average molecular weight is 459 g/mol. The number of carbonyl (C=O) groups is 1. The molecule has 0 spiro atoms. The van der Waals surface area contributed by atoms with Crippen LogP contribution in [-0.2, 0) is 17.6 Å². The fourth-order valence-electron chi connectivity index (χ4n) is 4.49. The number of pyridine rings is 1. The number of benzene rings is 3. The molecule has 0 amide bonds. The highest BCUT2D eigenvalue weighted by atomic mass is 16.5. The Hall–Kier alpha value is -4.58. The number of carbonyl (C=O) groups excluding carboxylic acids is 1. The van der Waals surface area contributed by atoms with Gasteiger partial charge in [-0.05, 0) is 11.1 Å². The molecule has 0 unspecified atom stereocenters. The fourth-order valence-corrected chi connectivity index (χ4v) is 4.49. The zero-order valence-electron chi connectivity index (χ0n) is 19.2. The number of ether oxygens (including phenoxy) is 1. The predicted molar refractivity (Wildman–Crippen MR) is 136 cm³/mol. The van der Waals surface area contributed by atoms with Crippen molar-refractivity contribution in [3.8, 4) is 5.88 Å². The van der Waals surface area contributed by atoms with Crippen LogP contribution in [0, 0.1) is 0 Å². The van der Waals surface area contributed by atoms with Crippen LogP contribution in [0.1, 0.15) is 29.4 Å². The first-order chi connectivity index (χ1) is 17.2. The number of hydrogen-bond donors (Lipinski definition) is 0. The molecule has 0 aliphatic rings. The van der Waals surface area contributed by atoms with Crippen LogP contribution in [0.2, 0.25) is 0 Å². The van der Waals surface area contributed by atoms with Crippen LogP contribution in [-0.4, -0.2) is 25.3 Å². The van der Waals surface area contributed by atoms with Gasteiger partial charge in [0, 0.05) is 36.7 Å². The van der Waals surface area contributed by atoms with Crippen molar-refractivity contribution >= 4 is 33.6 Å². The van der Waals surface area contributed by atoms with Gasteiger partial charge in [0.1, 0.15) is 11.2 Å². The van der Waals surface area contributed by atoms with Crippen LogP contribution >= 0.6 is 0 Å². The molecule has 6 heteroatoms. The molecule has 3 aromatic heterocycles. The highest BCUT2D eigenvalue weighted by Gasteiger charge is 2.23. The maximum atomic E-state index is 12.2. The van der Waals surface area contributed by atoms with Gasteiger partial charge in [-0.2, -0.15) is 0 Å². The van der Waals surface area contributed by atoms with Crippen molar-refractivity contribution in [1.29, 1.82) is 0 Å². The van der Waals surface area contributed by atoms with Crippen LogP contribution in [0.3, 0.4) is 0 Å². The Morgan fingerprint density at radius 3 is 2.09 bits per heavy atom. The minimum Gasteiger partial charge on any atom is -0.407 e. The standard InChI is InChI=1S/C29H22N4O2/c1-19(34)35-29-25(17-21-12-6-3-7-13-21)32-27-24(16-20-10-4-2-5-11-20)31-26-23-15-9-8-14-22(23)18-30-28(26)33(27)29/h2-15,18H,16-17H2,1H3. The molecule has 0 saturated heterocycles. The molecule has 35 heavy (non-hydrogen) atoms. The molecule has 6 nitrogen and oxygen atoms in total. The molecule has 0 aliphatic carbocycles. The number of fused-ring (bicyclic) bond motifs is 5. The van der Waals surface area contributed by atoms with Gasteiger partial charge in [0.25, 0.3) is 0 Å². The van der Waals surface area contributed by atoms with Gasteiger partial charge in [0.2, 0.25) is 5.88 Å². The van der Waals surface area contributed by atoms with Gasteiger partial charge in [0.05, 0.1) is 5.69 Å². The zero-order chi connectivity index (χ0) is 23.8. The van der Waals surface area contributed by atoms with Gasteiger partial charge in [-0.3, -0.25) is 4.79 Å². The second-order valence-electron chi connectivity index (χ2n) is 8.52. The van der Waals surface area contributed by atoms with Gasteiger partial charge in [-0.1, -0.05) is 84.9 Å². The van der Waals surface area contributed by atoms with E-state index in [1.807, 2.05) is 83.4 Å². The Kier molecular flexibility index (Phi) is 5.19. The third kappa shape index (κ3) is 3.89. The van der Waals surface area contributed by atoms with E-state index in [4.69, 9.17) is 19.7 Å². The summed E-state index contributed by atoms with van der Waals surface area (Å²) in [6.07, 6.45) is 2.93. The third-order valence-corrected chi connectivity index (χ3v) is 6.04. The molecule has 0 saturated carbocycles. The Morgan fingerprint density at radius 2 is 1.40 bits per heavy atom. The van der Waals surface area contributed by atoms with E-state index in [1.165, 1.54) is 6.92 Å². The minimum absolute atomic E-state index is 0.390. The van der Waals surface area contributed by atoms with Crippen molar-refractivity contribution in [2.24, 2.45) is 0 Å². The highest BCUT2D eigenvalue weighted by Crippen LogP contribution is 2.32. The molecule has 6 rings (SSSR count). The number of imidazole rings is 1. The van der Waals surface area contributed by atoms with E-state index >= 15 is 0 Å². The smallest absolute Gasteiger partial charge is 0.309 e. The maximum Gasteiger partial charge on any atom is 0.309 e. The summed E-state index contributed by atoms with van der Waals surface area (Å²) < 4.78 is 7.64. The van der Waals surface area contributed by atoms with Gasteiger partial charge in [0.15, 0.2) is 11.3 Å². The first-order valence-corrected chi connectivity index (χ1v) is 11.5. The van der Waals surface area contributed by atoms with E-state index in [1.54, 1.807) is 0 Å². The quantitative estimate of drug-likeness (QED) is 0.251. The van der Waals surface area contributed by atoms with Gasteiger partial charge in [-0.25, -0.2) is 19.4 Å². The molecular weight excluding hydrogens is 436 g/mol. The molecule has 3 heterocycles. The summed E-state index contributed by atoms with van der Waals surface area (Å²) in [5, 5.41) is 1.98. The predicted octanol–water partition coefficient (Wildman–Crippen LogP) is 5.54. The minimum atomic E-state index is -0.406. The number of hydrogen-bond acceptors (Lipinski definition) is 5. The van der Waals surface area contributed by atoms with Crippen molar-refractivity contribution in [2.75, 3.05) is 0 Å². The molecule has 0 aliphatic heterocycles. The lowest BCUT2D eigenvalue weighted by Gasteiger charge is -2.11. The van der Waals surface area contributed by atoms with Gasteiger partial charge < -0.3 is 4.74 Å². The number of esters is 1. The molecule has 0 atom stereocenters. The molecule has 6 aromatic rings. The zero-order valence-corrected chi connectivity index (χ0v) is 19.2. The van der Waals surface area contributed by atoms with E-state index in [9.17, 15) is 4.79 Å². The van der Waals surface area contributed by atoms with Crippen molar-refractivity contribution < 1.29 is 9.53 Å². The first-order valence-electron chi connectivity index (χ1n) is 11.5. The van der Waals surface area contributed by atoms with E-state index in [0.717, 1.165) is 33.1 Å². The van der Waals surface area contributed by atoms with Crippen molar-refractivity contribution in [2.45, 2.75) is 19.8 Å². The lowest BCUT2D eigenvalue weighted by atomic mass is 10.1.